The molecule has 0 saturated carbocycles. The molecule has 0 radical (unpaired) electrons. The molecule has 0 aromatic carbocycles. The van der Waals surface area contributed by atoms with Crippen molar-refractivity contribution in [3.63, 3.8) is 0 Å². The molecule has 0 aliphatic heterocycles. The summed E-state index contributed by atoms with van der Waals surface area (Å²) in [7, 11) is -1.79. The zero-order valence-corrected chi connectivity index (χ0v) is 17.0. The first-order valence-corrected chi connectivity index (χ1v) is 11.4. The molecule has 2 atom stereocenters. The molecule has 0 N–H and O–H groups in total. The summed E-state index contributed by atoms with van der Waals surface area (Å²) < 4.78 is 6.90. The first-order valence-electron chi connectivity index (χ1n) is 9.30. The van der Waals surface area contributed by atoms with E-state index in [1.54, 1.807) is 0 Å². The summed E-state index contributed by atoms with van der Waals surface area (Å²) in [6, 6.07) is 0. The van der Waals surface area contributed by atoms with Gasteiger partial charge in [-0.1, -0.05) is 61.0 Å². The minimum atomic E-state index is -1.79. The van der Waals surface area contributed by atoms with Crippen LogP contribution < -0.4 is 0 Å². The van der Waals surface area contributed by atoms with E-state index in [4.69, 9.17) is 4.43 Å². The zero-order valence-electron chi connectivity index (χ0n) is 16.0. The van der Waals surface area contributed by atoms with Gasteiger partial charge in [0.15, 0.2) is 0 Å². The maximum atomic E-state index is 6.90. The molecular weight excluding hydrogens is 284 g/mol. The SMILES string of the molecule is C=CC[C@@H]1C=C(O[Si](C(C)C)(C(C)C)C(C)C)CC[C@@H]1CC. The number of allylic oxidation sites excluding steroid dienone is 3. The van der Waals surface area contributed by atoms with Crippen molar-refractivity contribution in [1.82, 2.24) is 0 Å². The average molecular weight is 323 g/mol. The van der Waals surface area contributed by atoms with Gasteiger partial charge in [-0.05, 0) is 47.4 Å². The fourth-order valence-electron chi connectivity index (χ4n) is 4.63. The van der Waals surface area contributed by atoms with Crippen LogP contribution in [-0.4, -0.2) is 8.32 Å². The smallest absolute Gasteiger partial charge is 0.258 e. The van der Waals surface area contributed by atoms with Crippen LogP contribution in [-0.2, 0) is 4.43 Å². The van der Waals surface area contributed by atoms with Gasteiger partial charge >= 0.3 is 0 Å². The van der Waals surface area contributed by atoms with Crippen molar-refractivity contribution in [2.75, 3.05) is 0 Å². The van der Waals surface area contributed by atoms with E-state index in [0.717, 1.165) is 18.8 Å². The molecule has 1 aliphatic rings. The lowest BCUT2D eigenvalue weighted by atomic mass is 9.80. The molecule has 0 unspecified atom stereocenters. The largest absolute Gasteiger partial charge is 0.546 e. The van der Waals surface area contributed by atoms with Gasteiger partial charge in [-0.3, -0.25) is 0 Å². The van der Waals surface area contributed by atoms with Gasteiger partial charge in [0.05, 0.1) is 5.76 Å². The lowest BCUT2D eigenvalue weighted by Crippen LogP contribution is -2.47. The summed E-state index contributed by atoms with van der Waals surface area (Å²) in [6.07, 6.45) is 9.29. The molecule has 0 spiro atoms. The molecule has 22 heavy (non-hydrogen) atoms. The van der Waals surface area contributed by atoms with Crippen LogP contribution in [0.3, 0.4) is 0 Å². The predicted octanol–water partition coefficient (Wildman–Crippen LogP) is 7.07. The van der Waals surface area contributed by atoms with E-state index in [1.807, 2.05) is 0 Å². The van der Waals surface area contributed by atoms with Crippen LogP contribution in [0, 0.1) is 11.8 Å². The van der Waals surface area contributed by atoms with Crippen LogP contribution >= 0.6 is 0 Å². The minimum absolute atomic E-state index is 0.629. The van der Waals surface area contributed by atoms with Crippen LogP contribution in [0.4, 0.5) is 0 Å². The van der Waals surface area contributed by atoms with Crippen molar-refractivity contribution in [2.24, 2.45) is 11.8 Å². The van der Waals surface area contributed by atoms with Gasteiger partial charge in [0.25, 0.3) is 8.32 Å². The van der Waals surface area contributed by atoms with Crippen molar-refractivity contribution in [1.29, 1.82) is 0 Å². The highest BCUT2D eigenvalue weighted by atomic mass is 28.4. The van der Waals surface area contributed by atoms with Crippen LogP contribution in [0.15, 0.2) is 24.5 Å². The monoisotopic (exact) mass is 322 g/mol. The summed E-state index contributed by atoms with van der Waals surface area (Å²) in [5.74, 6) is 2.72. The lowest BCUT2D eigenvalue weighted by molar-refractivity contribution is 0.273. The Labute approximate surface area is 140 Å². The number of hydrogen-bond donors (Lipinski definition) is 0. The van der Waals surface area contributed by atoms with E-state index in [-0.39, 0.29) is 0 Å². The second-order valence-corrected chi connectivity index (χ2v) is 13.3. The Kier molecular flexibility index (Phi) is 7.44. The molecule has 0 fully saturated rings. The Morgan fingerprint density at radius 1 is 1.18 bits per heavy atom. The van der Waals surface area contributed by atoms with Crippen LogP contribution in [0.1, 0.15) is 74.1 Å². The molecule has 0 bridgehead atoms. The normalized spacial score (nSPS) is 23.1. The van der Waals surface area contributed by atoms with Gasteiger partial charge in [-0.25, -0.2) is 0 Å². The molecule has 0 aromatic heterocycles. The third-order valence-electron chi connectivity index (χ3n) is 5.75. The maximum Gasteiger partial charge on any atom is 0.258 e. The van der Waals surface area contributed by atoms with Crippen molar-refractivity contribution in [2.45, 2.75) is 90.8 Å². The highest BCUT2D eigenvalue weighted by Crippen LogP contribution is 2.45. The maximum absolute atomic E-state index is 6.90. The van der Waals surface area contributed by atoms with E-state index in [1.165, 1.54) is 18.6 Å². The summed E-state index contributed by atoms with van der Waals surface area (Å²) >= 11 is 0. The van der Waals surface area contributed by atoms with Gasteiger partial charge in [0.1, 0.15) is 0 Å². The van der Waals surface area contributed by atoms with Crippen LogP contribution in [0.5, 0.6) is 0 Å². The number of hydrogen-bond acceptors (Lipinski definition) is 1. The van der Waals surface area contributed by atoms with Crippen molar-refractivity contribution in [3.8, 4) is 0 Å². The second kappa shape index (κ2) is 8.38. The molecule has 1 aliphatic carbocycles. The Bertz CT molecular complexity index is 359. The third-order valence-corrected chi connectivity index (χ3v) is 11.8. The molecule has 1 nitrogen and oxygen atoms in total. The lowest BCUT2D eigenvalue weighted by Gasteiger charge is -2.44. The van der Waals surface area contributed by atoms with Crippen LogP contribution in [0.2, 0.25) is 16.6 Å². The molecule has 0 aromatic rings. The molecule has 128 valence electrons. The Morgan fingerprint density at radius 2 is 1.73 bits per heavy atom. The zero-order chi connectivity index (χ0) is 16.9. The summed E-state index contributed by atoms with van der Waals surface area (Å²) in [5.41, 5.74) is 1.94. The van der Waals surface area contributed by atoms with Crippen molar-refractivity contribution < 1.29 is 4.43 Å². The standard InChI is InChI=1S/C20H38OSi/c1-9-11-19-14-20(13-12-18(19)10-2)21-22(15(3)4,16(5)6)17(7)8/h9,14-19H,1,10-13H2,2-8H3/t18-,19+/m0/s1. The molecule has 0 amide bonds. The van der Waals surface area contributed by atoms with Gasteiger partial charge in [0.2, 0.25) is 0 Å². The van der Waals surface area contributed by atoms with Gasteiger partial charge < -0.3 is 4.43 Å². The van der Waals surface area contributed by atoms with E-state index in [2.05, 4.69) is 67.2 Å². The second-order valence-electron chi connectivity index (χ2n) is 7.95. The van der Waals surface area contributed by atoms with Crippen LogP contribution in [0.25, 0.3) is 0 Å². The van der Waals surface area contributed by atoms with E-state index >= 15 is 0 Å². The van der Waals surface area contributed by atoms with Crippen molar-refractivity contribution >= 4 is 8.32 Å². The first kappa shape index (κ1) is 19.5. The molecule has 1 rings (SSSR count). The third kappa shape index (κ3) is 4.07. The quantitative estimate of drug-likeness (QED) is 0.343. The van der Waals surface area contributed by atoms with Gasteiger partial charge in [0, 0.05) is 6.42 Å². The molecule has 0 saturated heterocycles. The molecule has 2 heteroatoms. The number of rotatable bonds is 8. The fourth-order valence-corrected chi connectivity index (χ4v) is 9.96. The highest BCUT2D eigenvalue weighted by molar-refractivity contribution is 6.77. The van der Waals surface area contributed by atoms with E-state index in [9.17, 15) is 0 Å². The molecule has 0 heterocycles. The first-order chi connectivity index (χ1) is 10.3. The minimum Gasteiger partial charge on any atom is -0.546 e. The van der Waals surface area contributed by atoms with Gasteiger partial charge in [-0.15, -0.1) is 6.58 Å². The topological polar surface area (TPSA) is 9.23 Å². The van der Waals surface area contributed by atoms with Gasteiger partial charge in [-0.2, -0.15) is 0 Å². The molecular formula is C20H38OSi. The Balaban J connectivity index is 3.05. The Hall–Kier alpha value is -0.503. The summed E-state index contributed by atoms with van der Waals surface area (Å²) in [6.45, 7) is 20.5. The van der Waals surface area contributed by atoms with E-state index in [0.29, 0.717) is 22.5 Å². The highest BCUT2D eigenvalue weighted by Gasteiger charge is 2.47. The average Bonchev–Trinajstić information content (AvgIpc) is 2.44. The predicted molar refractivity (Wildman–Crippen MR) is 102 cm³/mol. The van der Waals surface area contributed by atoms with E-state index < -0.39 is 8.32 Å². The summed E-state index contributed by atoms with van der Waals surface area (Å²) in [4.78, 5) is 0. The Morgan fingerprint density at radius 3 is 2.14 bits per heavy atom. The fraction of sp³-hybridized carbons (Fsp3) is 0.800. The summed E-state index contributed by atoms with van der Waals surface area (Å²) in [5, 5.41) is 0. The van der Waals surface area contributed by atoms with Crippen molar-refractivity contribution in [3.05, 3.63) is 24.5 Å².